The Balaban J connectivity index is 1.76. The summed E-state index contributed by atoms with van der Waals surface area (Å²) in [5, 5.41) is 19.5. The fourth-order valence-corrected chi connectivity index (χ4v) is 3.08. The Morgan fingerprint density at radius 1 is 1.21 bits per heavy atom. The van der Waals surface area contributed by atoms with Crippen LogP contribution in [0.2, 0.25) is 0 Å². The van der Waals surface area contributed by atoms with E-state index in [4.69, 9.17) is 4.74 Å². The number of aliphatic hydroxyl groups is 1. The van der Waals surface area contributed by atoms with Gasteiger partial charge in [0.2, 0.25) is 0 Å². The summed E-state index contributed by atoms with van der Waals surface area (Å²) >= 11 is 0. The molecule has 0 fully saturated rings. The Morgan fingerprint density at radius 3 is 2.50 bits per heavy atom. The Hall–Kier alpha value is -3.64. The van der Waals surface area contributed by atoms with E-state index in [1.807, 2.05) is 6.07 Å². The summed E-state index contributed by atoms with van der Waals surface area (Å²) in [6, 6.07) is 14.2. The topological polar surface area (TPSA) is 133 Å². The van der Waals surface area contributed by atoms with Crippen LogP contribution in [0, 0.1) is 11.3 Å². The summed E-state index contributed by atoms with van der Waals surface area (Å²) in [6.07, 6.45) is 1.06. The number of nitrogens with zero attached hydrogens (tertiary/aromatic N) is 2. The summed E-state index contributed by atoms with van der Waals surface area (Å²) < 4.78 is 27.9. The minimum absolute atomic E-state index is 0.0726. The molecule has 0 radical (unpaired) electrons. The summed E-state index contributed by atoms with van der Waals surface area (Å²) in [4.78, 5) is 19.3. The van der Waals surface area contributed by atoms with Crippen LogP contribution >= 0.6 is 0 Å². The molecule has 9 heteroatoms. The predicted molar refractivity (Wildman–Crippen MR) is 101 cm³/mol. The number of hydrogen-bond donors (Lipinski definition) is 2. The van der Waals surface area contributed by atoms with Crippen LogP contribution in [0.1, 0.15) is 16.2 Å². The lowest BCUT2D eigenvalue weighted by Gasteiger charge is -2.06. The molecule has 0 unspecified atom stereocenters. The second-order valence-electron chi connectivity index (χ2n) is 5.91. The number of para-hydroxylation sites is 2. The minimum Gasteiger partial charge on any atom is -0.507 e. The largest absolute Gasteiger partial charge is 0.507 e. The van der Waals surface area contributed by atoms with Gasteiger partial charge >= 0.3 is 5.97 Å². The number of aromatic amines is 1. The number of nitriles is 1. The van der Waals surface area contributed by atoms with Crippen molar-refractivity contribution in [3.05, 3.63) is 65.7 Å². The van der Waals surface area contributed by atoms with Crippen LogP contribution in [-0.2, 0) is 14.6 Å². The SMILES string of the molecule is CS(=O)(=O)c1ccc(C(=O)OC/C(O)=C(\C#N)c2nc3ccccc3[nH]2)cc1. The van der Waals surface area contributed by atoms with Crippen molar-refractivity contribution in [1.29, 1.82) is 5.26 Å². The molecule has 0 atom stereocenters. The first-order valence-electron chi connectivity index (χ1n) is 8.04. The number of hydrogen-bond acceptors (Lipinski definition) is 7. The third-order valence-corrected chi connectivity index (χ3v) is 5.01. The average Bonchev–Trinajstić information content (AvgIpc) is 3.09. The maximum Gasteiger partial charge on any atom is 0.338 e. The monoisotopic (exact) mass is 397 g/mol. The quantitative estimate of drug-likeness (QED) is 0.384. The second kappa shape index (κ2) is 7.54. The van der Waals surface area contributed by atoms with Gasteiger partial charge in [0.25, 0.3) is 0 Å². The van der Waals surface area contributed by atoms with Gasteiger partial charge in [-0.05, 0) is 36.4 Å². The smallest absolute Gasteiger partial charge is 0.338 e. The maximum absolute atomic E-state index is 12.1. The fourth-order valence-electron chi connectivity index (χ4n) is 2.45. The van der Waals surface area contributed by atoms with Crippen molar-refractivity contribution >= 4 is 32.4 Å². The van der Waals surface area contributed by atoms with Crippen LogP contribution in [0.15, 0.2) is 59.2 Å². The number of rotatable bonds is 5. The van der Waals surface area contributed by atoms with E-state index in [1.54, 1.807) is 24.3 Å². The number of sulfone groups is 1. The van der Waals surface area contributed by atoms with E-state index in [9.17, 15) is 23.6 Å². The maximum atomic E-state index is 12.1. The van der Waals surface area contributed by atoms with Gasteiger partial charge in [-0.1, -0.05) is 12.1 Å². The molecule has 1 aromatic heterocycles. The summed E-state index contributed by atoms with van der Waals surface area (Å²) in [6.45, 7) is -0.535. The van der Waals surface area contributed by atoms with Gasteiger partial charge in [0, 0.05) is 6.26 Å². The van der Waals surface area contributed by atoms with E-state index in [0.717, 1.165) is 6.26 Å². The van der Waals surface area contributed by atoms with Crippen LogP contribution < -0.4 is 0 Å². The van der Waals surface area contributed by atoms with E-state index in [0.29, 0.717) is 11.0 Å². The number of benzene rings is 2. The van der Waals surface area contributed by atoms with Crippen LogP contribution in [0.4, 0.5) is 0 Å². The Labute approximate surface area is 160 Å². The molecule has 28 heavy (non-hydrogen) atoms. The van der Waals surface area contributed by atoms with E-state index in [2.05, 4.69) is 9.97 Å². The van der Waals surface area contributed by atoms with Gasteiger partial charge in [-0.2, -0.15) is 5.26 Å². The van der Waals surface area contributed by atoms with Gasteiger partial charge < -0.3 is 14.8 Å². The first kappa shape index (κ1) is 19.1. The molecule has 1 heterocycles. The molecule has 3 rings (SSSR count). The normalized spacial score (nSPS) is 12.3. The minimum atomic E-state index is -3.37. The molecule has 142 valence electrons. The zero-order valence-electron chi connectivity index (χ0n) is 14.7. The van der Waals surface area contributed by atoms with Crippen LogP contribution in [0.3, 0.4) is 0 Å². The molecule has 3 aromatic rings. The molecule has 8 nitrogen and oxygen atoms in total. The van der Waals surface area contributed by atoms with Gasteiger partial charge in [0.15, 0.2) is 21.4 Å². The standard InChI is InChI=1S/C19H15N3O5S/c1-28(25,26)13-8-6-12(7-9-13)19(24)27-11-17(23)14(10-20)18-21-15-4-2-3-5-16(15)22-18/h2-9,23H,11H2,1H3,(H,21,22)/b17-14-. The Morgan fingerprint density at radius 2 is 1.89 bits per heavy atom. The lowest BCUT2D eigenvalue weighted by atomic mass is 10.2. The Kier molecular flexibility index (Phi) is 5.15. The van der Waals surface area contributed by atoms with E-state index < -0.39 is 28.2 Å². The van der Waals surface area contributed by atoms with Gasteiger partial charge in [0.1, 0.15) is 18.2 Å². The number of carbonyl (C=O) groups excluding carboxylic acids is 1. The number of H-pyrrole nitrogens is 1. The summed E-state index contributed by atoms with van der Waals surface area (Å²) in [7, 11) is -3.37. The molecular weight excluding hydrogens is 382 g/mol. The highest BCUT2D eigenvalue weighted by atomic mass is 32.2. The molecule has 0 saturated carbocycles. The van der Waals surface area contributed by atoms with Gasteiger partial charge in [-0.15, -0.1) is 0 Å². The van der Waals surface area contributed by atoms with Crippen LogP contribution in [0.5, 0.6) is 0 Å². The van der Waals surface area contributed by atoms with Gasteiger partial charge in [-0.25, -0.2) is 18.2 Å². The predicted octanol–water partition coefficient (Wildman–Crippen LogP) is 2.62. The third-order valence-electron chi connectivity index (χ3n) is 3.88. The third kappa shape index (κ3) is 4.02. The highest BCUT2D eigenvalue weighted by Gasteiger charge is 2.16. The molecule has 2 aromatic carbocycles. The lowest BCUT2D eigenvalue weighted by molar-refractivity contribution is 0.0502. The zero-order valence-corrected chi connectivity index (χ0v) is 15.5. The zero-order chi connectivity index (χ0) is 20.3. The van der Waals surface area contributed by atoms with E-state index >= 15 is 0 Å². The second-order valence-corrected chi connectivity index (χ2v) is 7.92. The molecule has 0 saturated heterocycles. The molecule has 0 bridgehead atoms. The van der Waals surface area contributed by atoms with Crippen molar-refractivity contribution in [2.75, 3.05) is 12.9 Å². The highest BCUT2D eigenvalue weighted by molar-refractivity contribution is 7.90. The van der Waals surface area contributed by atoms with Gasteiger partial charge in [0.05, 0.1) is 21.5 Å². The number of esters is 1. The number of aliphatic hydroxyl groups excluding tert-OH is 1. The number of nitrogens with one attached hydrogen (secondary N) is 1. The first-order chi connectivity index (χ1) is 13.3. The molecule has 0 aliphatic rings. The van der Waals surface area contributed by atoms with Crippen molar-refractivity contribution in [2.24, 2.45) is 0 Å². The van der Waals surface area contributed by atoms with Crippen molar-refractivity contribution in [2.45, 2.75) is 4.90 Å². The molecule has 0 aliphatic heterocycles. The summed E-state index contributed by atoms with van der Waals surface area (Å²) in [5.74, 6) is -1.06. The number of ether oxygens (including phenoxy) is 1. The summed E-state index contributed by atoms with van der Waals surface area (Å²) in [5.41, 5.74) is 1.29. The molecule has 0 spiro atoms. The number of fused-ring (bicyclic) bond motifs is 1. The highest BCUT2D eigenvalue weighted by Crippen LogP contribution is 2.19. The van der Waals surface area contributed by atoms with Crippen molar-refractivity contribution in [3.63, 3.8) is 0 Å². The van der Waals surface area contributed by atoms with Crippen molar-refractivity contribution < 1.29 is 23.1 Å². The number of imidazole rings is 1. The number of aromatic nitrogens is 2. The van der Waals surface area contributed by atoms with Crippen molar-refractivity contribution in [3.8, 4) is 6.07 Å². The molecule has 0 aliphatic carbocycles. The fraction of sp³-hybridized carbons (Fsp3) is 0.105. The van der Waals surface area contributed by atoms with E-state index in [-0.39, 0.29) is 21.9 Å². The molecule has 2 N–H and O–H groups in total. The average molecular weight is 397 g/mol. The molecule has 0 amide bonds. The lowest BCUT2D eigenvalue weighted by Crippen LogP contribution is -2.09. The van der Waals surface area contributed by atoms with Crippen molar-refractivity contribution in [1.82, 2.24) is 9.97 Å². The number of carbonyl (C=O) groups is 1. The van der Waals surface area contributed by atoms with E-state index in [1.165, 1.54) is 24.3 Å². The van der Waals surface area contributed by atoms with Crippen LogP contribution in [0.25, 0.3) is 16.6 Å². The van der Waals surface area contributed by atoms with Gasteiger partial charge in [-0.3, -0.25) is 0 Å². The van der Waals surface area contributed by atoms with Crippen LogP contribution in [-0.4, -0.2) is 42.3 Å². The molecular formula is C19H15N3O5S. The number of allylic oxidation sites excluding steroid dienone is 1. The first-order valence-corrected chi connectivity index (χ1v) is 9.93. The Bertz CT molecular complexity index is 1190.